The van der Waals surface area contributed by atoms with Gasteiger partial charge in [0.25, 0.3) is 5.56 Å². The van der Waals surface area contributed by atoms with Crippen LogP contribution in [0.3, 0.4) is 0 Å². The number of nitrogens with zero attached hydrogens (tertiary/aromatic N) is 2. The number of benzene rings is 2. The first-order valence-corrected chi connectivity index (χ1v) is 9.92. The highest BCUT2D eigenvalue weighted by molar-refractivity contribution is 5.80. The van der Waals surface area contributed by atoms with E-state index in [9.17, 15) is 4.79 Å². The molecule has 0 aliphatic rings. The van der Waals surface area contributed by atoms with E-state index in [0.29, 0.717) is 17.9 Å². The molecule has 0 aliphatic carbocycles. The predicted molar refractivity (Wildman–Crippen MR) is 118 cm³/mol. The van der Waals surface area contributed by atoms with E-state index in [1.165, 1.54) is 5.56 Å². The molecule has 2 aromatic carbocycles. The molecule has 0 saturated carbocycles. The normalized spacial score (nSPS) is 11.0. The molecule has 7 heteroatoms. The highest BCUT2D eigenvalue weighted by atomic mass is 16.5. The number of aliphatic hydroxyl groups is 1. The van der Waals surface area contributed by atoms with Gasteiger partial charge in [-0.2, -0.15) is 5.10 Å². The van der Waals surface area contributed by atoms with Crippen LogP contribution in [0, 0.1) is 6.92 Å². The van der Waals surface area contributed by atoms with Gasteiger partial charge < -0.3 is 9.84 Å². The standard InChI is InChI=1S/C23H26N4O3/c1-17-21(13-14-28)22(29)26-23(25-17)27-24-16-19-9-11-20(12-10-19)30-15-5-8-18-6-3-2-4-7-18/h2-4,6-7,9-12,16,28H,5,8,13-15H2,1H3,(H2,25,26,27,29)/b24-16-. The number of H-pyrrole nitrogens is 1. The number of hydrazone groups is 1. The predicted octanol–water partition coefficient (Wildman–Crippen LogP) is 3.07. The molecule has 0 fully saturated rings. The molecular formula is C23H26N4O3. The van der Waals surface area contributed by atoms with E-state index in [4.69, 9.17) is 9.84 Å². The Labute approximate surface area is 175 Å². The minimum atomic E-state index is -0.275. The van der Waals surface area contributed by atoms with Gasteiger partial charge in [-0.15, -0.1) is 0 Å². The van der Waals surface area contributed by atoms with Gasteiger partial charge in [0.2, 0.25) is 5.95 Å². The first-order valence-electron chi connectivity index (χ1n) is 9.92. The largest absolute Gasteiger partial charge is 0.494 e. The average Bonchev–Trinajstić information content (AvgIpc) is 2.76. The number of hydrogen-bond acceptors (Lipinski definition) is 6. The van der Waals surface area contributed by atoms with E-state index < -0.39 is 0 Å². The maximum Gasteiger partial charge on any atom is 0.255 e. The highest BCUT2D eigenvalue weighted by Crippen LogP contribution is 2.12. The molecule has 7 nitrogen and oxygen atoms in total. The molecular weight excluding hydrogens is 380 g/mol. The zero-order chi connectivity index (χ0) is 21.2. The number of hydrogen-bond donors (Lipinski definition) is 3. The maximum atomic E-state index is 12.0. The summed E-state index contributed by atoms with van der Waals surface area (Å²) in [6.07, 6.45) is 3.86. The van der Waals surface area contributed by atoms with E-state index >= 15 is 0 Å². The molecule has 1 aromatic heterocycles. The third-order valence-electron chi connectivity index (χ3n) is 4.57. The molecule has 3 aromatic rings. The van der Waals surface area contributed by atoms with E-state index in [2.05, 4.69) is 32.6 Å². The molecule has 0 amide bonds. The second kappa shape index (κ2) is 10.9. The van der Waals surface area contributed by atoms with Crippen molar-refractivity contribution in [1.29, 1.82) is 0 Å². The number of aliphatic hydroxyl groups excluding tert-OH is 1. The first-order chi connectivity index (χ1) is 14.7. The Hall–Kier alpha value is -3.45. The molecule has 3 N–H and O–H groups in total. The van der Waals surface area contributed by atoms with Crippen LogP contribution in [0.4, 0.5) is 5.95 Å². The van der Waals surface area contributed by atoms with Gasteiger partial charge in [0, 0.05) is 18.6 Å². The lowest BCUT2D eigenvalue weighted by molar-refractivity contribution is 0.298. The lowest BCUT2D eigenvalue weighted by Crippen LogP contribution is -2.19. The molecule has 0 unspecified atom stereocenters. The smallest absolute Gasteiger partial charge is 0.255 e. The van der Waals surface area contributed by atoms with Gasteiger partial charge in [0.05, 0.1) is 18.5 Å². The summed E-state index contributed by atoms with van der Waals surface area (Å²) >= 11 is 0. The molecule has 0 spiro atoms. The fourth-order valence-corrected chi connectivity index (χ4v) is 3.00. The van der Waals surface area contributed by atoms with Crippen LogP contribution in [-0.2, 0) is 12.8 Å². The van der Waals surface area contributed by atoms with E-state index in [1.807, 2.05) is 42.5 Å². The first kappa shape index (κ1) is 21.3. The van der Waals surface area contributed by atoms with Crippen LogP contribution in [0.15, 0.2) is 64.5 Å². The maximum absolute atomic E-state index is 12.0. The number of aromatic nitrogens is 2. The Morgan fingerprint density at radius 2 is 1.90 bits per heavy atom. The summed E-state index contributed by atoms with van der Waals surface area (Å²) in [6, 6.07) is 18.0. The van der Waals surface area contributed by atoms with Crippen LogP contribution in [-0.4, -0.2) is 34.5 Å². The molecule has 156 valence electrons. The second-order valence-corrected chi connectivity index (χ2v) is 6.83. The van der Waals surface area contributed by atoms with Gasteiger partial charge in [-0.25, -0.2) is 10.4 Å². The summed E-state index contributed by atoms with van der Waals surface area (Å²) in [4.78, 5) is 18.9. The number of nitrogens with one attached hydrogen (secondary N) is 2. The Kier molecular flexibility index (Phi) is 7.74. The van der Waals surface area contributed by atoms with E-state index in [0.717, 1.165) is 24.2 Å². The van der Waals surface area contributed by atoms with Crippen LogP contribution in [0.1, 0.15) is 28.8 Å². The van der Waals surface area contributed by atoms with E-state index in [-0.39, 0.29) is 24.5 Å². The molecule has 0 bridgehead atoms. The summed E-state index contributed by atoms with van der Waals surface area (Å²) in [7, 11) is 0. The van der Waals surface area contributed by atoms with Crippen molar-refractivity contribution in [2.45, 2.75) is 26.2 Å². The van der Waals surface area contributed by atoms with Crippen molar-refractivity contribution in [2.24, 2.45) is 5.10 Å². The number of aromatic amines is 1. The Bertz CT molecular complexity index is 1010. The van der Waals surface area contributed by atoms with Gasteiger partial charge in [-0.3, -0.25) is 9.78 Å². The van der Waals surface area contributed by atoms with Crippen LogP contribution in [0.5, 0.6) is 5.75 Å². The quantitative estimate of drug-likeness (QED) is 0.273. The van der Waals surface area contributed by atoms with Crippen LogP contribution < -0.4 is 15.7 Å². The molecule has 3 rings (SSSR count). The number of ether oxygens (including phenoxy) is 1. The molecule has 0 aliphatic heterocycles. The zero-order valence-corrected chi connectivity index (χ0v) is 17.0. The van der Waals surface area contributed by atoms with Gasteiger partial charge in [0.1, 0.15) is 5.75 Å². The molecule has 1 heterocycles. The monoisotopic (exact) mass is 406 g/mol. The lowest BCUT2D eigenvalue weighted by Gasteiger charge is -2.07. The average molecular weight is 406 g/mol. The lowest BCUT2D eigenvalue weighted by atomic mass is 10.1. The summed E-state index contributed by atoms with van der Waals surface area (Å²) in [5.41, 5.74) is 5.70. The van der Waals surface area contributed by atoms with Crippen molar-refractivity contribution < 1.29 is 9.84 Å². The number of rotatable bonds is 10. The zero-order valence-electron chi connectivity index (χ0n) is 17.0. The van der Waals surface area contributed by atoms with Gasteiger partial charge in [0.15, 0.2) is 0 Å². The minimum absolute atomic E-state index is 0.0940. The van der Waals surface area contributed by atoms with E-state index in [1.54, 1.807) is 13.1 Å². The number of aryl methyl sites for hydroxylation is 2. The Balaban J connectivity index is 1.47. The second-order valence-electron chi connectivity index (χ2n) is 6.83. The molecule has 0 atom stereocenters. The van der Waals surface area contributed by atoms with Crippen LogP contribution in [0.2, 0.25) is 0 Å². The third kappa shape index (κ3) is 6.28. The van der Waals surface area contributed by atoms with Crippen molar-refractivity contribution in [1.82, 2.24) is 9.97 Å². The summed E-state index contributed by atoms with van der Waals surface area (Å²) in [5.74, 6) is 1.07. The Morgan fingerprint density at radius 1 is 1.13 bits per heavy atom. The molecule has 30 heavy (non-hydrogen) atoms. The van der Waals surface area contributed by atoms with Gasteiger partial charge in [-0.1, -0.05) is 30.3 Å². The fraction of sp³-hybridized carbons (Fsp3) is 0.261. The summed E-state index contributed by atoms with van der Waals surface area (Å²) in [5, 5.41) is 13.1. The van der Waals surface area contributed by atoms with Crippen LogP contribution in [0.25, 0.3) is 0 Å². The minimum Gasteiger partial charge on any atom is -0.494 e. The fourth-order valence-electron chi connectivity index (χ4n) is 3.00. The SMILES string of the molecule is Cc1nc(N/N=C\c2ccc(OCCCc3ccccc3)cc2)[nH]c(=O)c1CCO. The topological polar surface area (TPSA) is 99.6 Å². The summed E-state index contributed by atoms with van der Waals surface area (Å²) < 4.78 is 5.79. The highest BCUT2D eigenvalue weighted by Gasteiger charge is 2.06. The molecule has 0 radical (unpaired) electrons. The molecule has 0 saturated heterocycles. The van der Waals surface area contributed by atoms with Gasteiger partial charge >= 0.3 is 0 Å². The van der Waals surface area contributed by atoms with Crippen molar-refractivity contribution in [3.8, 4) is 5.75 Å². The van der Waals surface area contributed by atoms with Crippen molar-refractivity contribution in [3.63, 3.8) is 0 Å². The van der Waals surface area contributed by atoms with Gasteiger partial charge in [-0.05, 0) is 55.2 Å². The van der Waals surface area contributed by atoms with Crippen molar-refractivity contribution in [3.05, 3.63) is 87.3 Å². The Morgan fingerprint density at radius 3 is 2.60 bits per heavy atom. The number of anilines is 1. The summed E-state index contributed by atoms with van der Waals surface area (Å²) in [6.45, 7) is 2.30. The third-order valence-corrected chi connectivity index (χ3v) is 4.57. The van der Waals surface area contributed by atoms with Crippen LogP contribution >= 0.6 is 0 Å². The van der Waals surface area contributed by atoms with Crippen molar-refractivity contribution in [2.75, 3.05) is 18.6 Å². The van der Waals surface area contributed by atoms with Crippen molar-refractivity contribution >= 4 is 12.2 Å².